The maximum absolute atomic E-state index is 5.89. The van der Waals surface area contributed by atoms with Gasteiger partial charge in [0.25, 0.3) is 0 Å². The first kappa shape index (κ1) is 15.1. The van der Waals surface area contributed by atoms with Crippen molar-refractivity contribution in [1.82, 2.24) is 4.98 Å². The summed E-state index contributed by atoms with van der Waals surface area (Å²) in [6.07, 6.45) is 1.82. The molecule has 2 nitrogen and oxygen atoms in total. The Morgan fingerprint density at radius 2 is 1.80 bits per heavy atom. The van der Waals surface area contributed by atoms with E-state index in [1.165, 1.54) is 10.5 Å². The van der Waals surface area contributed by atoms with Crippen LogP contribution in [-0.4, -0.2) is 11.5 Å². The Hall–Kier alpha value is -1.32. The van der Waals surface area contributed by atoms with Crippen LogP contribution in [0.2, 0.25) is 0 Å². The summed E-state index contributed by atoms with van der Waals surface area (Å²) >= 11 is 1.77. The number of hydrogen-bond acceptors (Lipinski definition) is 3. The number of benzene rings is 1. The van der Waals surface area contributed by atoms with Gasteiger partial charge in [0.15, 0.2) is 0 Å². The zero-order valence-electron chi connectivity index (χ0n) is 12.3. The molecule has 1 aromatic heterocycles. The van der Waals surface area contributed by atoms with Gasteiger partial charge in [-0.2, -0.15) is 0 Å². The summed E-state index contributed by atoms with van der Waals surface area (Å²) < 4.78 is 0. The van der Waals surface area contributed by atoms with E-state index in [0.29, 0.717) is 6.54 Å². The maximum Gasteiger partial charge on any atom is 0.0639 e. The third kappa shape index (κ3) is 3.84. The summed E-state index contributed by atoms with van der Waals surface area (Å²) in [6.45, 7) is 7.27. The Bertz CT molecular complexity index is 529. The quantitative estimate of drug-likeness (QED) is 0.857. The molecule has 0 saturated carbocycles. The molecule has 2 N–H and O–H groups in total. The molecule has 0 aliphatic rings. The topological polar surface area (TPSA) is 38.9 Å². The first-order valence-corrected chi connectivity index (χ1v) is 7.77. The van der Waals surface area contributed by atoms with E-state index in [9.17, 15) is 0 Å². The van der Waals surface area contributed by atoms with E-state index in [4.69, 9.17) is 5.73 Å². The lowest BCUT2D eigenvalue weighted by Crippen LogP contribution is -2.11. The summed E-state index contributed by atoms with van der Waals surface area (Å²) in [7, 11) is 0. The maximum atomic E-state index is 5.89. The fourth-order valence-corrected chi connectivity index (χ4v) is 2.97. The van der Waals surface area contributed by atoms with Gasteiger partial charge in [0.1, 0.15) is 0 Å². The highest BCUT2D eigenvalue weighted by Gasteiger charge is 2.15. The highest BCUT2D eigenvalue weighted by Crippen LogP contribution is 2.34. The number of nitrogens with zero attached hydrogens (tertiary/aromatic N) is 1. The monoisotopic (exact) mass is 286 g/mol. The van der Waals surface area contributed by atoms with Crippen molar-refractivity contribution in [2.45, 2.75) is 36.3 Å². The van der Waals surface area contributed by atoms with E-state index in [2.05, 4.69) is 50.0 Å². The smallest absolute Gasteiger partial charge is 0.0639 e. The molecule has 106 valence electrons. The van der Waals surface area contributed by atoms with Crippen LogP contribution >= 0.6 is 11.8 Å². The molecular weight excluding hydrogens is 264 g/mol. The Morgan fingerprint density at radius 1 is 1.10 bits per heavy atom. The average molecular weight is 286 g/mol. The molecule has 1 atom stereocenters. The lowest BCUT2D eigenvalue weighted by Gasteiger charge is -2.20. The molecule has 0 spiro atoms. The normalized spacial score (nSPS) is 13.2. The average Bonchev–Trinajstić information content (AvgIpc) is 2.45. The predicted octanol–water partition coefficient (Wildman–Crippen LogP) is 4.17. The third-order valence-electron chi connectivity index (χ3n) is 3.23. The number of hydrogen-bond donors (Lipinski definition) is 1. The van der Waals surface area contributed by atoms with Crippen molar-refractivity contribution in [1.29, 1.82) is 0 Å². The van der Waals surface area contributed by atoms with Gasteiger partial charge in [-0.1, -0.05) is 39.0 Å². The lowest BCUT2D eigenvalue weighted by molar-refractivity contribution is 0.589. The molecule has 0 radical (unpaired) electrons. The van der Waals surface area contributed by atoms with Gasteiger partial charge < -0.3 is 5.73 Å². The van der Waals surface area contributed by atoms with Crippen molar-refractivity contribution in [2.24, 2.45) is 5.73 Å². The summed E-state index contributed by atoms with van der Waals surface area (Å²) in [4.78, 5) is 5.64. The van der Waals surface area contributed by atoms with E-state index in [-0.39, 0.29) is 10.7 Å². The summed E-state index contributed by atoms with van der Waals surface area (Å²) in [5, 5.41) is 0.205. The summed E-state index contributed by atoms with van der Waals surface area (Å²) in [5.74, 6) is 0. The zero-order valence-corrected chi connectivity index (χ0v) is 13.2. The Kier molecular flexibility index (Phi) is 4.84. The van der Waals surface area contributed by atoms with Gasteiger partial charge in [-0.15, -0.1) is 11.8 Å². The highest BCUT2D eigenvalue weighted by atomic mass is 32.2. The Balaban J connectivity index is 2.13. The van der Waals surface area contributed by atoms with E-state index in [0.717, 1.165) is 5.69 Å². The molecule has 0 aliphatic carbocycles. The molecule has 1 unspecified atom stereocenters. The van der Waals surface area contributed by atoms with Gasteiger partial charge in [0, 0.05) is 17.6 Å². The second-order valence-corrected chi connectivity index (χ2v) is 7.15. The largest absolute Gasteiger partial charge is 0.329 e. The van der Waals surface area contributed by atoms with Gasteiger partial charge in [0.2, 0.25) is 0 Å². The molecule has 0 saturated heterocycles. The van der Waals surface area contributed by atoms with Crippen molar-refractivity contribution in [3.63, 3.8) is 0 Å². The number of aromatic nitrogens is 1. The van der Waals surface area contributed by atoms with Crippen LogP contribution in [0.1, 0.15) is 37.3 Å². The van der Waals surface area contributed by atoms with Crippen LogP contribution in [0.15, 0.2) is 53.6 Å². The molecule has 2 rings (SSSR count). The molecule has 3 heteroatoms. The standard InChI is InChI=1S/C17H22N2S/c1-17(2,3)13-7-9-14(10-8-13)20-16(12-18)15-6-4-5-11-19-15/h4-11,16H,12,18H2,1-3H3. The highest BCUT2D eigenvalue weighted by molar-refractivity contribution is 7.99. The molecule has 0 aliphatic heterocycles. The first-order chi connectivity index (χ1) is 9.50. The molecule has 0 amide bonds. The fraction of sp³-hybridized carbons (Fsp3) is 0.353. The molecule has 0 bridgehead atoms. The van der Waals surface area contributed by atoms with E-state index >= 15 is 0 Å². The predicted molar refractivity (Wildman–Crippen MR) is 87.0 cm³/mol. The van der Waals surface area contributed by atoms with Crippen LogP contribution in [0.4, 0.5) is 0 Å². The minimum absolute atomic E-state index is 0.192. The number of nitrogens with two attached hydrogens (primary N) is 1. The van der Waals surface area contributed by atoms with Crippen LogP contribution in [0.3, 0.4) is 0 Å². The minimum atomic E-state index is 0.192. The second-order valence-electron chi connectivity index (χ2n) is 5.87. The molecule has 1 aromatic carbocycles. The van der Waals surface area contributed by atoms with Gasteiger partial charge in [-0.05, 0) is 35.2 Å². The third-order valence-corrected chi connectivity index (χ3v) is 4.49. The Morgan fingerprint density at radius 3 is 2.30 bits per heavy atom. The van der Waals surface area contributed by atoms with Gasteiger partial charge in [0.05, 0.1) is 10.9 Å². The SMILES string of the molecule is CC(C)(C)c1ccc(SC(CN)c2ccccn2)cc1. The number of thioether (sulfide) groups is 1. The van der Waals surface area contributed by atoms with Crippen molar-refractivity contribution in [3.05, 3.63) is 59.9 Å². The van der Waals surface area contributed by atoms with Crippen molar-refractivity contribution in [2.75, 3.05) is 6.54 Å². The Labute approximate surface area is 125 Å². The molecule has 1 heterocycles. The van der Waals surface area contributed by atoms with Crippen LogP contribution < -0.4 is 5.73 Å². The minimum Gasteiger partial charge on any atom is -0.329 e. The lowest BCUT2D eigenvalue weighted by atomic mass is 9.87. The van der Waals surface area contributed by atoms with E-state index in [1.54, 1.807) is 11.8 Å². The molecule has 2 aromatic rings. The van der Waals surface area contributed by atoms with Crippen LogP contribution in [0.25, 0.3) is 0 Å². The van der Waals surface area contributed by atoms with E-state index < -0.39 is 0 Å². The van der Waals surface area contributed by atoms with E-state index in [1.807, 2.05) is 24.4 Å². The second kappa shape index (κ2) is 6.42. The van der Waals surface area contributed by atoms with Gasteiger partial charge in [-0.3, -0.25) is 4.98 Å². The summed E-state index contributed by atoms with van der Waals surface area (Å²) in [6, 6.07) is 14.7. The van der Waals surface area contributed by atoms with Gasteiger partial charge >= 0.3 is 0 Å². The molecular formula is C17H22N2S. The first-order valence-electron chi connectivity index (χ1n) is 6.89. The van der Waals surface area contributed by atoms with Crippen LogP contribution in [-0.2, 0) is 5.41 Å². The van der Waals surface area contributed by atoms with Crippen molar-refractivity contribution >= 4 is 11.8 Å². The van der Waals surface area contributed by atoms with Crippen LogP contribution in [0, 0.1) is 0 Å². The zero-order chi connectivity index (χ0) is 14.6. The van der Waals surface area contributed by atoms with Crippen molar-refractivity contribution < 1.29 is 0 Å². The summed E-state index contributed by atoms with van der Waals surface area (Å²) in [5.41, 5.74) is 8.48. The van der Waals surface area contributed by atoms with Gasteiger partial charge in [-0.25, -0.2) is 0 Å². The van der Waals surface area contributed by atoms with Crippen molar-refractivity contribution in [3.8, 4) is 0 Å². The fourth-order valence-electron chi connectivity index (χ4n) is 1.99. The molecule has 0 fully saturated rings. The van der Waals surface area contributed by atoms with Crippen LogP contribution in [0.5, 0.6) is 0 Å². The number of pyridine rings is 1. The molecule has 20 heavy (non-hydrogen) atoms. The number of rotatable bonds is 4.